The highest BCUT2D eigenvalue weighted by atomic mass is 19.3. The molecule has 1 heterocycles. The van der Waals surface area contributed by atoms with Crippen molar-refractivity contribution in [3.05, 3.63) is 0 Å². The molecule has 100 valence electrons. The molecule has 2 N–H and O–H groups in total. The van der Waals surface area contributed by atoms with Gasteiger partial charge in [-0.2, -0.15) is 0 Å². The second kappa shape index (κ2) is 5.76. The molecule has 1 rings (SSSR count). The highest BCUT2D eigenvalue weighted by Gasteiger charge is 2.36. The summed E-state index contributed by atoms with van der Waals surface area (Å²) in [7, 11) is 0. The fraction of sp³-hybridized carbons (Fsp3) is 0.917. The van der Waals surface area contributed by atoms with Crippen LogP contribution >= 0.6 is 0 Å². The zero-order valence-corrected chi connectivity index (χ0v) is 10.7. The van der Waals surface area contributed by atoms with Crippen LogP contribution in [0.4, 0.5) is 8.78 Å². The average Bonchev–Trinajstić information content (AvgIpc) is 2.27. The number of nitrogens with one attached hydrogen (secondary N) is 2. The number of alkyl halides is 2. The summed E-state index contributed by atoms with van der Waals surface area (Å²) in [5, 5.41) is 5.85. The van der Waals surface area contributed by atoms with E-state index in [0.717, 1.165) is 19.4 Å². The largest absolute Gasteiger partial charge is 0.356 e. The summed E-state index contributed by atoms with van der Waals surface area (Å²) in [5.41, 5.74) is -1.08. The van der Waals surface area contributed by atoms with Crippen LogP contribution in [-0.2, 0) is 4.79 Å². The van der Waals surface area contributed by atoms with E-state index in [-0.39, 0.29) is 17.9 Å². The van der Waals surface area contributed by atoms with E-state index >= 15 is 0 Å². The number of piperidine rings is 1. The van der Waals surface area contributed by atoms with Crippen LogP contribution in [0.5, 0.6) is 0 Å². The third kappa shape index (κ3) is 3.63. The van der Waals surface area contributed by atoms with E-state index in [4.69, 9.17) is 0 Å². The topological polar surface area (TPSA) is 41.1 Å². The van der Waals surface area contributed by atoms with Gasteiger partial charge in [-0.05, 0) is 19.8 Å². The smallest absolute Gasteiger partial charge is 0.245 e. The number of halogens is 2. The molecular formula is C12H22F2N2O. The molecular weight excluding hydrogens is 226 g/mol. The van der Waals surface area contributed by atoms with E-state index < -0.39 is 11.8 Å². The quantitative estimate of drug-likeness (QED) is 0.778. The van der Waals surface area contributed by atoms with Crippen molar-refractivity contribution in [1.82, 2.24) is 10.6 Å². The van der Waals surface area contributed by atoms with Gasteiger partial charge in [-0.25, -0.2) is 8.78 Å². The molecule has 1 amide bonds. The highest BCUT2D eigenvalue weighted by Crippen LogP contribution is 2.29. The summed E-state index contributed by atoms with van der Waals surface area (Å²) in [6.07, 6.45) is -0.573. The minimum Gasteiger partial charge on any atom is -0.356 e. The van der Waals surface area contributed by atoms with E-state index in [9.17, 15) is 13.6 Å². The molecule has 2 atom stereocenters. The predicted molar refractivity (Wildman–Crippen MR) is 63.0 cm³/mol. The lowest BCUT2D eigenvalue weighted by Gasteiger charge is -2.33. The van der Waals surface area contributed by atoms with Crippen molar-refractivity contribution in [2.45, 2.75) is 46.1 Å². The molecule has 3 nitrogen and oxygen atoms in total. The number of carbonyl (C=O) groups is 1. The van der Waals surface area contributed by atoms with Gasteiger partial charge >= 0.3 is 0 Å². The van der Waals surface area contributed by atoms with Crippen LogP contribution in [0.1, 0.15) is 33.6 Å². The summed E-state index contributed by atoms with van der Waals surface area (Å²) in [6, 6.07) is -0.322. The van der Waals surface area contributed by atoms with Crippen molar-refractivity contribution in [2.75, 3.05) is 13.1 Å². The van der Waals surface area contributed by atoms with Gasteiger partial charge < -0.3 is 10.6 Å². The van der Waals surface area contributed by atoms with Crippen molar-refractivity contribution in [3.8, 4) is 0 Å². The van der Waals surface area contributed by atoms with Gasteiger partial charge in [0.2, 0.25) is 12.3 Å². The van der Waals surface area contributed by atoms with Crippen LogP contribution in [0.15, 0.2) is 0 Å². The van der Waals surface area contributed by atoms with Gasteiger partial charge in [0.1, 0.15) is 0 Å². The average molecular weight is 248 g/mol. The molecule has 0 bridgehead atoms. The van der Waals surface area contributed by atoms with Crippen LogP contribution in [0, 0.1) is 11.3 Å². The van der Waals surface area contributed by atoms with Crippen molar-refractivity contribution in [2.24, 2.45) is 11.3 Å². The molecule has 1 saturated heterocycles. The van der Waals surface area contributed by atoms with Gasteiger partial charge in [0.05, 0.1) is 5.92 Å². The van der Waals surface area contributed by atoms with E-state index in [1.807, 2.05) is 0 Å². The molecule has 5 heteroatoms. The second-order valence-electron chi connectivity index (χ2n) is 5.38. The van der Waals surface area contributed by atoms with E-state index in [1.165, 1.54) is 13.8 Å². The van der Waals surface area contributed by atoms with Crippen molar-refractivity contribution < 1.29 is 13.6 Å². The molecule has 0 spiro atoms. The van der Waals surface area contributed by atoms with Crippen molar-refractivity contribution >= 4 is 5.91 Å². The molecule has 17 heavy (non-hydrogen) atoms. The van der Waals surface area contributed by atoms with E-state index in [2.05, 4.69) is 10.6 Å². The SMILES string of the molecule is CC(NCC1CCCNC1=O)C(C)(C)C(F)F. The van der Waals surface area contributed by atoms with Gasteiger partial charge in [0, 0.05) is 24.5 Å². The first-order chi connectivity index (χ1) is 7.85. The van der Waals surface area contributed by atoms with Crippen LogP contribution in [0.2, 0.25) is 0 Å². The highest BCUT2D eigenvalue weighted by molar-refractivity contribution is 5.79. The fourth-order valence-corrected chi connectivity index (χ4v) is 1.80. The third-order valence-corrected chi connectivity index (χ3v) is 3.75. The minimum atomic E-state index is -2.37. The Labute approximate surface area is 101 Å². The molecule has 0 aromatic carbocycles. The molecule has 0 aromatic rings. The first kappa shape index (κ1) is 14.4. The van der Waals surface area contributed by atoms with Gasteiger partial charge in [-0.3, -0.25) is 4.79 Å². The van der Waals surface area contributed by atoms with Crippen LogP contribution in [0.25, 0.3) is 0 Å². The monoisotopic (exact) mass is 248 g/mol. The Kier molecular flexibility index (Phi) is 4.86. The predicted octanol–water partition coefficient (Wildman–Crippen LogP) is 1.78. The van der Waals surface area contributed by atoms with Crippen LogP contribution < -0.4 is 10.6 Å². The number of hydrogen-bond acceptors (Lipinski definition) is 2. The molecule has 1 aliphatic heterocycles. The normalized spacial score (nSPS) is 23.6. The zero-order valence-electron chi connectivity index (χ0n) is 10.7. The molecule has 1 fully saturated rings. The maximum atomic E-state index is 12.8. The van der Waals surface area contributed by atoms with E-state index in [0.29, 0.717) is 6.54 Å². The lowest BCUT2D eigenvalue weighted by atomic mass is 9.85. The Bertz CT molecular complexity index is 269. The number of rotatable bonds is 5. The number of amides is 1. The Morgan fingerprint density at radius 2 is 2.18 bits per heavy atom. The van der Waals surface area contributed by atoms with Gasteiger partial charge in [0.25, 0.3) is 0 Å². The standard InChI is InChI=1S/C12H22F2N2O/c1-8(12(2,3)11(13)14)16-7-9-5-4-6-15-10(9)17/h8-9,11,16H,4-7H2,1-3H3,(H,15,17). The lowest BCUT2D eigenvalue weighted by molar-refractivity contribution is -0.126. The second-order valence-corrected chi connectivity index (χ2v) is 5.38. The maximum Gasteiger partial charge on any atom is 0.245 e. The Morgan fingerprint density at radius 3 is 2.71 bits per heavy atom. The van der Waals surface area contributed by atoms with Gasteiger partial charge in [0.15, 0.2) is 0 Å². The third-order valence-electron chi connectivity index (χ3n) is 3.75. The molecule has 2 unspecified atom stereocenters. The minimum absolute atomic E-state index is 0.0332. The Balaban J connectivity index is 2.42. The molecule has 0 aromatic heterocycles. The van der Waals surface area contributed by atoms with Gasteiger partial charge in [-0.15, -0.1) is 0 Å². The zero-order chi connectivity index (χ0) is 13.1. The summed E-state index contributed by atoms with van der Waals surface area (Å²) >= 11 is 0. The number of carbonyl (C=O) groups excluding carboxylic acids is 1. The molecule has 0 radical (unpaired) electrons. The first-order valence-electron chi connectivity index (χ1n) is 6.15. The molecule has 0 saturated carbocycles. The van der Waals surface area contributed by atoms with Crippen molar-refractivity contribution in [3.63, 3.8) is 0 Å². The Morgan fingerprint density at radius 1 is 1.53 bits per heavy atom. The van der Waals surface area contributed by atoms with Crippen LogP contribution in [-0.4, -0.2) is 31.5 Å². The van der Waals surface area contributed by atoms with Crippen molar-refractivity contribution in [1.29, 1.82) is 0 Å². The summed E-state index contributed by atoms with van der Waals surface area (Å²) < 4.78 is 25.6. The maximum absolute atomic E-state index is 12.8. The molecule has 1 aliphatic rings. The summed E-state index contributed by atoms with van der Waals surface area (Å²) in [4.78, 5) is 11.5. The lowest BCUT2D eigenvalue weighted by Crippen LogP contribution is -2.48. The summed E-state index contributed by atoms with van der Waals surface area (Å²) in [6.45, 7) is 6.02. The number of hydrogen-bond donors (Lipinski definition) is 2. The molecule has 0 aliphatic carbocycles. The fourth-order valence-electron chi connectivity index (χ4n) is 1.80. The van der Waals surface area contributed by atoms with Crippen LogP contribution in [0.3, 0.4) is 0 Å². The summed E-state index contributed by atoms with van der Waals surface area (Å²) in [5.74, 6) is -0.0505. The first-order valence-corrected chi connectivity index (χ1v) is 6.15. The van der Waals surface area contributed by atoms with E-state index in [1.54, 1.807) is 6.92 Å². The van der Waals surface area contributed by atoms with Gasteiger partial charge in [-0.1, -0.05) is 13.8 Å². The Hall–Kier alpha value is -0.710.